The molecule has 2 unspecified atom stereocenters. The van der Waals surface area contributed by atoms with E-state index in [0.29, 0.717) is 31.0 Å². The van der Waals surface area contributed by atoms with Gasteiger partial charge in [-0.15, -0.1) is 0 Å². The molecule has 0 aliphatic carbocycles. The first kappa shape index (κ1) is 29.3. The Morgan fingerprint density at radius 3 is 2.38 bits per heavy atom. The Bertz CT molecular complexity index is 1520. The second-order valence-corrected chi connectivity index (χ2v) is 10.3. The Labute approximate surface area is 234 Å². The van der Waals surface area contributed by atoms with Crippen LogP contribution in [0.4, 0.5) is 10.1 Å². The molecule has 0 saturated carbocycles. The van der Waals surface area contributed by atoms with E-state index in [1.165, 1.54) is 10.1 Å². The number of nitrogens with two attached hydrogens (primary N) is 1. The first-order valence-electron chi connectivity index (χ1n) is 14.4. The summed E-state index contributed by atoms with van der Waals surface area (Å²) in [7, 11) is 0. The fraction of sp³-hybridized carbons (Fsp3) is 0.452. The summed E-state index contributed by atoms with van der Waals surface area (Å²) in [5, 5.41) is 3.36. The molecular formula is C31H41FN6O2. The number of hydrogen-bond acceptors (Lipinski definition) is 5. The number of nitrogens with one attached hydrogen (secondary N) is 1. The van der Waals surface area contributed by atoms with E-state index in [1.807, 2.05) is 66.9 Å². The highest BCUT2D eigenvalue weighted by atomic mass is 19.1. The van der Waals surface area contributed by atoms with Crippen LogP contribution in [0.1, 0.15) is 82.3 Å². The van der Waals surface area contributed by atoms with Crippen molar-refractivity contribution < 1.29 is 4.39 Å². The van der Waals surface area contributed by atoms with E-state index in [-0.39, 0.29) is 18.1 Å². The van der Waals surface area contributed by atoms with Crippen molar-refractivity contribution in [3.05, 3.63) is 92.4 Å². The number of hydrogen-bond donors (Lipinski definition) is 2. The summed E-state index contributed by atoms with van der Waals surface area (Å²) in [6, 6.07) is 17.8. The molecule has 4 rings (SSSR count). The van der Waals surface area contributed by atoms with Crippen LogP contribution in [-0.2, 0) is 19.4 Å². The lowest BCUT2D eigenvalue weighted by Crippen LogP contribution is -2.42. The van der Waals surface area contributed by atoms with E-state index in [0.717, 1.165) is 47.9 Å². The molecule has 0 aliphatic heterocycles. The van der Waals surface area contributed by atoms with Crippen LogP contribution in [0.15, 0.2) is 64.2 Å². The normalized spacial score (nSPS) is 13.1. The molecular weight excluding hydrogens is 507 g/mol. The maximum atomic E-state index is 15.1. The third kappa shape index (κ3) is 6.53. The maximum Gasteiger partial charge on any atom is 0.335 e. The molecule has 214 valence electrons. The van der Waals surface area contributed by atoms with Crippen molar-refractivity contribution in [2.75, 3.05) is 12.3 Å². The maximum absolute atomic E-state index is 15.1. The van der Waals surface area contributed by atoms with E-state index >= 15 is 4.39 Å². The predicted octanol–water partition coefficient (Wildman–Crippen LogP) is 5.34. The van der Waals surface area contributed by atoms with E-state index in [2.05, 4.69) is 11.4 Å². The lowest BCUT2D eigenvalue weighted by atomic mass is 10.1. The summed E-state index contributed by atoms with van der Waals surface area (Å²) in [5.74, 6) is 0.659. The van der Waals surface area contributed by atoms with Gasteiger partial charge in [0, 0.05) is 18.7 Å². The Balaban J connectivity index is 1.67. The molecule has 0 fully saturated rings. The minimum Gasteiger partial charge on any atom is -0.399 e. The average Bonchev–Trinajstić information content (AvgIpc) is 3.32. The summed E-state index contributed by atoms with van der Waals surface area (Å²) < 4.78 is 19.2. The summed E-state index contributed by atoms with van der Waals surface area (Å²) in [6.45, 7) is 6.61. The third-order valence-corrected chi connectivity index (χ3v) is 7.34. The lowest BCUT2D eigenvalue weighted by molar-refractivity contribution is 0.216. The summed E-state index contributed by atoms with van der Waals surface area (Å²) in [4.78, 5) is 32.1. The minimum atomic E-state index is -1.70. The number of alkyl halides is 1. The highest BCUT2D eigenvalue weighted by Gasteiger charge is 2.26. The molecule has 0 aliphatic rings. The number of unbranched alkanes of at least 4 members (excludes halogenated alkanes) is 3. The van der Waals surface area contributed by atoms with Crippen molar-refractivity contribution in [1.29, 1.82) is 0 Å². The van der Waals surface area contributed by atoms with Gasteiger partial charge in [0.15, 0.2) is 17.5 Å². The van der Waals surface area contributed by atoms with Crippen LogP contribution in [0, 0.1) is 0 Å². The number of fused-ring (bicyclic) bond motifs is 1. The Morgan fingerprint density at radius 1 is 0.950 bits per heavy atom. The molecule has 0 amide bonds. The van der Waals surface area contributed by atoms with Gasteiger partial charge in [-0.1, -0.05) is 69.2 Å². The van der Waals surface area contributed by atoms with Crippen molar-refractivity contribution in [3.8, 4) is 0 Å². The van der Waals surface area contributed by atoms with Gasteiger partial charge in [0.05, 0.1) is 6.17 Å². The molecule has 0 bridgehead atoms. The van der Waals surface area contributed by atoms with Crippen molar-refractivity contribution in [3.63, 3.8) is 0 Å². The van der Waals surface area contributed by atoms with E-state index < -0.39 is 17.5 Å². The number of halogens is 1. The fourth-order valence-corrected chi connectivity index (χ4v) is 5.31. The van der Waals surface area contributed by atoms with Gasteiger partial charge in [-0.25, -0.2) is 18.7 Å². The number of aromatic nitrogens is 4. The Morgan fingerprint density at radius 2 is 1.68 bits per heavy atom. The molecule has 2 atom stereocenters. The first-order chi connectivity index (χ1) is 19.3. The number of nitrogen functional groups attached to an aromatic ring is 1. The molecule has 0 radical (unpaired) electrons. The van der Waals surface area contributed by atoms with Crippen LogP contribution in [0.2, 0.25) is 0 Å². The molecule has 40 heavy (non-hydrogen) atoms. The van der Waals surface area contributed by atoms with E-state index in [4.69, 9.17) is 10.7 Å². The second kappa shape index (κ2) is 13.6. The lowest BCUT2D eigenvalue weighted by Gasteiger charge is -2.19. The standard InChI is InChI=1S/C31H41FN6O2/c1-4-26(32)38-30(39)28-29(35-27(37(28)22(3)34-5-2)21-24-15-10-8-11-16-24)36(31(38)40)19-12-7-6-9-14-23-17-13-18-25(33)20-23/h8,10-11,13,15-18,20,22,26,34H,4-7,9,12,14,19,21,33H2,1-3H3. The number of anilines is 1. The number of rotatable bonds is 14. The molecule has 0 saturated heterocycles. The van der Waals surface area contributed by atoms with Gasteiger partial charge in [0.2, 0.25) is 0 Å². The van der Waals surface area contributed by atoms with Gasteiger partial charge >= 0.3 is 5.69 Å². The fourth-order valence-electron chi connectivity index (χ4n) is 5.31. The van der Waals surface area contributed by atoms with Crippen LogP contribution in [0.25, 0.3) is 11.2 Å². The van der Waals surface area contributed by atoms with Crippen molar-refractivity contribution >= 4 is 16.9 Å². The highest BCUT2D eigenvalue weighted by Crippen LogP contribution is 2.21. The van der Waals surface area contributed by atoms with Gasteiger partial charge in [0.25, 0.3) is 5.56 Å². The van der Waals surface area contributed by atoms with Crippen LogP contribution in [0.3, 0.4) is 0 Å². The number of aryl methyl sites for hydroxylation is 2. The Kier molecular flexibility index (Phi) is 9.93. The molecule has 0 spiro atoms. The highest BCUT2D eigenvalue weighted by molar-refractivity contribution is 5.71. The zero-order valence-corrected chi connectivity index (χ0v) is 23.8. The Hall–Kier alpha value is -3.72. The van der Waals surface area contributed by atoms with Crippen LogP contribution in [0.5, 0.6) is 0 Å². The molecule has 2 heterocycles. The summed E-state index contributed by atoms with van der Waals surface area (Å²) >= 11 is 0. The number of imidazole rings is 1. The van der Waals surface area contributed by atoms with E-state index in [9.17, 15) is 9.59 Å². The molecule has 4 aromatic rings. The SMILES string of the molecule is CCNC(C)n1c(Cc2ccccc2)nc2c1c(=O)n(C(F)CC)c(=O)n2CCCCCCc1cccc(N)c1. The van der Waals surface area contributed by atoms with Gasteiger partial charge in [-0.05, 0) is 62.4 Å². The van der Waals surface area contributed by atoms with Crippen molar-refractivity contribution in [2.45, 2.75) is 84.7 Å². The first-order valence-corrected chi connectivity index (χ1v) is 14.4. The quantitative estimate of drug-likeness (QED) is 0.164. The monoisotopic (exact) mass is 548 g/mol. The largest absolute Gasteiger partial charge is 0.399 e. The second-order valence-electron chi connectivity index (χ2n) is 10.3. The molecule has 8 nitrogen and oxygen atoms in total. The van der Waals surface area contributed by atoms with Crippen LogP contribution >= 0.6 is 0 Å². The van der Waals surface area contributed by atoms with Gasteiger partial charge in [-0.2, -0.15) is 0 Å². The number of nitrogens with zero attached hydrogens (tertiary/aromatic N) is 4. The summed E-state index contributed by atoms with van der Waals surface area (Å²) in [6.07, 6.45) is 3.08. The molecule has 2 aromatic heterocycles. The van der Waals surface area contributed by atoms with Gasteiger partial charge < -0.3 is 10.3 Å². The smallest absolute Gasteiger partial charge is 0.335 e. The topological polar surface area (TPSA) is 99.9 Å². The molecule has 9 heteroatoms. The third-order valence-electron chi connectivity index (χ3n) is 7.34. The zero-order valence-electron chi connectivity index (χ0n) is 23.8. The summed E-state index contributed by atoms with van der Waals surface area (Å²) in [5.41, 5.74) is 8.21. The van der Waals surface area contributed by atoms with Crippen molar-refractivity contribution in [2.24, 2.45) is 0 Å². The van der Waals surface area contributed by atoms with Gasteiger partial charge in [0.1, 0.15) is 5.82 Å². The van der Waals surface area contributed by atoms with Gasteiger partial charge in [-0.3, -0.25) is 14.7 Å². The predicted molar refractivity (Wildman–Crippen MR) is 159 cm³/mol. The van der Waals surface area contributed by atoms with Crippen LogP contribution in [-0.4, -0.2) is 25.2 Å². The molecule has 2 aromatic carbocycles. The minimum absolute atomic E-state index is 0.0262. The van der Waals surface area contributed by atoms with E-state index in [1.54, 1.807) is 6.92 Å². The zero-order chi connectivity index (χ0) is 28.6. The average molecular weight is 549 g/mol. The number of benzene rings is 2. The van der Waals surface area contributed by atoms with Crippen LogP contribution < -0.4 is 22.3 Å². The molecule has 3 N–H and O–H groups in total. The van der Waals surface area contributed by atoms with Crippen molar-refractivity contribution in [1.82, 2.24) is 24.0 Å².